The molecular weight excluding hydrogens is 390 g/mol. The Morgan fingerprint density at radius 3 is 2.38 bits per heavy atom. The molecule has 0 radical (unpaired) electrons. The number of benzene rings is 1. The summed E-state index contributed by atoms with van der Waals surface area (Å²) >= 11 is 0. The second-order valence-corrected chi connectivity index (χ2v) is 8.27. The third-order valence-electron chi connectivity index (χ3n) is 6.16. The maximum Gasteiger partial charge on any atom is 0.227 e. The number of nitrogens with one attached hydrogen (secondary N) is 2. The van der Waals surface area contributed by atoms with Gasteiger partial charge in [-0.05, 0) is 62.6 Å². The number of nitrogen functional groups attached to an aromatic ring is 1. The fraction of sp³-hybridized carbons (Fsp3) is 0.636. The van der Waals surface area contributed by atoms with Gasteiger partial charge < -0.3 is 21.1 Å². The normalized spacial score (nSPS) is 22.2. The lowest BCUT2D eigenvalue weighted by atomic mass is 9.84. The number of carbonyl (C=O) groups is 2. The molecule has 0 atom stereocenters. The SMILES string of the molecule is COc1ccc(NC(=O)C2CCC(NC(=O)CC3CCCCC3)CC2)cc1N.Cl. The van der Waals surface area contributed by atoms with Gasteiger partial charge in [0, 0.05) is 24.1 Å². The predicted molar refractivity (Wildman–Crippen MR) is 118 cm³/mol. The van der Waals surface area contributed by atoms with Crippen LogP contribution in [0.2, 0.25) is 0 Å². The standard InChI is InChI=1S/C22H33N3O3.ClH/c1-28-20-12-11-18(14-19(20)23)25-22(27)16-7-9-17(10-8-16)24-21(26)13-15-5-3-2-4-6-15;/h11-12,14-17H,2-10,13,23H2,1H3,(H,24,26)(H,25,27);1H. The van der Waals surface area contributed by atoms with Gasteiger partial charge in [0.1, 0.15) is 5.75 Å². The summed E-state index contributed by atoms with van der Waals surface area (Å²) in [6, 6.07) is 5.47. The molecule has 2 saturated carbocycles. The van der Waals surface area contributed by atoms with Crippen molar-refractivity contribution in [3.63, 3.8) is 0 Å². The number of ether oxygens (including phenoxy) is 1. The van der Waals surface area contributed by atoms with Crippen molar-refractivity contribution >= 4 is 35.6 Å². The first-order valence-corrected chi connectivity index (χ1v) is 10.6. The molecule has 0 spiro atoms. The number of hydrogen-bond donors (Lipinski definition) is 3. The van der Waals surface area contributed by atoms with Crippen LogP contribution in [-0.2, 0) is 9.59 Å². The smallest absolute Gasteiger partial charge is 0.227 e. The van der Waals surface area contributed by atoms with E-state index in [9.17, 15) is 9.59 Å². The molecule has 1 aromatic rings. The molecule has 4 N–H and O–H groups in total. The van der Waals surface area contributed by atoms with E-state index in [2.05, 4.69) is 10.6 Å². The van der Waals surface area contributed by atoms with Crippen LogP contribution in [0.3, 0.4) is 0 Å². The second kappa shape index (κ2) is 11.3. The van der Waals surface area contributed by atoms with Gasteiger partial charge in [-0.15, -0.1) is 12.4 Å². The number of anilines is 2. The highest BCUT2D eigenvalue weighted by Gasteiger charge is 2.28. The van der Waals surface area contributed by atoms with Gasteiger partial charge in [-0.2, -0.15) is 0 Å². The van der Waals surface area contributed by atoms with Gasteiger partial charge in [0.2, 0.25) is 11.8 Å². The van der Waals surface area contributed by atoms with Crippen LogP contribution in [-0.4, -0.2) is 25.0 Å². The highest BCUT2D eigenvalue weighted by molar-refractivity contribution is 5.93. The summed E-state index contributed by atoms with van der Waals surface area (Å²) in [5.41, 5.74) is 7.09. The Labute approximate surface area is 179 Å². The molecule has 7 heteroatoms. The van der Waals surface area contributed by atoms with Crippen LogP contribution in [0.5, 0.6) is 5.75 Å². The Morgan fingerprint density at radius 1 is 1.07 bits per heavy atom. The topological polar surface area (TPSA) is 93.5 Å². The van der Waals surface area contributed by atoms with Gasteiger partial charge in [-0.3, -0.25) is 9.59 Å². The molecule has 0 aliphatic heterocycles. The van der Waals surface area contributed by atoms with Crippen LogP contribution < -0.4 is 21.1 Å². The van der Waals surface area contributed by atoms with E-state index < -0.39 is 0 Å². The average molecular weight is 424 g/mol. The zero-order valence-electron chi connectivity index (χ0n) is 17.2. The minimum Gasteiger partial charge on any atom is -0.495 e. The van der Waals surface area contributed by atoms with Crippen molar-refractivity contribution in [2.45, 2.75) is 70.3 Å². The minimum absolute atomic E-state index is 0. The van der Waals surface area contributed by atoms with Crippen LogP contribution in [0.25, 0.3) is 0 Å². The van der Waals surface area contributed by atoms with E-state index in [4.69, 9.17) is 10.5 Å². The monoisotopic (exact) mass is 423 g/mol. The average Bonchev–Trinajstić information content (AvgIpc) is 2.69. The number of methoxy groups -OCH3 is 1. The quantitative estimate of drug-likeness (QED) is 0.595. The van der Waals surface area contributed by atoms with Gasteiger partial charge in [0.05, 0.1) is 12.8 Å². The summed E-state index contributed by atoms with van der Waals surface area (Å²) in [6.45, 7) is 0. The van der Waals surface area contributed by atoms with Crippen molar-refractivity contribution in [2.24, 2.45) is 11.8 Å². The number of hydrogen-bond acceptors (Lipinski definition) is 4. The lowest BCUT2D eigenvalue weighted by molar-refractivity contribution is -0.123. The third-order valence-corrected chi connectivity index (χ3v) is 6.16. The highest BCUT2D eigenvalue weighted by Crippen LogP contribution is 2.29. The van der Waals surface area contributed by atoms with Gasteiger partial charge in [0.25, 0.3) is 0 Å². The summed E-state index contributed by atoms with van der Waals surface area (Å²) in [5, 5.41) is 6.15. The minimum atomic E-state index is -0.0187. The largest absolute Gasteiger partial charge is 0.495 e. The lowest BCUT2D eigenvalue weighted by Gasteiger charge is -2.29. The molecule has 0 saturated heterocycles. The molecular formula is C22H34ClN3O3. The fourth-order valence-corrected chi connectivity index (χ4v) is 4.50. The van der Waals surface area contributed by atoms with Crippen molar-refractivity contribution in [1.29, 1.82) is 0 Å². The molecule has 0 heterocycles. The zero-order chi connectivity index (χ0) is 19.9. The highest BCUT2D eigenvalue weighted by atomic mass is 35.5. The number of halogens is 1. The van der Waals surface area contributed by atoms with E-state index in [0.29, 0.717) is 29.5 Å². The van der Waals surface area contributed by atoms with Crippen LogP contribution >= 0.6 is 12.4 Å². The molecule has 2 aliphatic carbocycles. The van der Waals surface area contributed by atoms with E-state index in [1.807, 2.05) is 0 Å². The summed E-state index contributed by atoms with van der Waals surface area (Å²) in [4.78, 5) is 24.9. The van der Waals surface area contributed by atoms with Crippen molar-refractivity contribution in [2.75, 3.05) is 18.2 Å². The Bertz CT molecular complexity index is 684. The molecule has 6 nitrogen and oxygen atoms in total. The van der Waals surface area contributed by atoms with Crippen molar-refractivity contribution in [3.8, 4) is 5.75 Å². The van der Waals surface area contributed by atoms with E-state index in [1.54, 1.807) is 25.3 Å². The summed E-state index contributed by atoms with van der Waals surface area (Å²) in [5.74, 6) is 1.36. The second-order valence-electron chi connectivity index (χ2n) is 8.27. The summed E-state index contributed by atoms with van der Waals surface area (Å²) < 4.78 is 5.14. The van der Waals surface area contributed by atoms with Crippen LogP contribution in [0.4, 0.5) is 11.4 Å². The van der Waals surface area contributed by atoms with Gasteiger partial charge >= 0.3 is 0 Å². The maximum atomic E-state index is 12.6. The molecule has 2 amide bonds. The summed E-state index contributed by atoms with van der Waals surface area (Å²) in [6.07, 6.45) is 10.2. The molecule has 29 heavy (non-hydrogen) atoms. The lowest BCUT2D eigenvalue weighted by Crippen LogP contribution is -2.40. The van der Waals surface area contributed by atoms with E-state index in [1.165, 1.54) is 32.1 Å². The number of nitrogens with two attached hydrogens (primary N) is 1. The van der Waals surface area contributed by atoms with Crippen LogP contribution in [0.15, 0.2) is 18.2 Å². The molecule has 0 unspecified atom stereocenters. The van der Waals surface area contributed by atoms with Crippen molar-refractivity contribution in [3.05, 3.63) is 18.2 Å². The molecule has 162 valence electrons. The maximum absolute atomic E-state index is 12.6. The molecule has 2 fully saturated rings. The van der Waals surface area contributed by atoms with Crippen molar-refractivity contribution < 1.29 is 14.3 Å². The Balaban J connectivity index is 0.00000300. The predicted octanol–water partition coefficient (Wildman–Crippen LogP) is 4.28. The van der Waals surface area contributed by atoms with Gasteiger partial charge in [-0.1, -0.05) is 19.3 Å². The Kier molecular flexibility index (Phi) is 9.08. The van der Waals surface area contributed by atoms with E-state index >= 15 is 0 Å². The Morgan fingerprint density at radius 2 is 1.76 bits per heavy atom. The zero-order valence-corrected chi connectivity index (χ0v) is 18.1. The van der Waals surface area contributed by atoms with Crippen LogP contribution in [0, 0.1) is 11.8 Å². The fourth-order valence-electron chi connectivity index (χ4n) is 4.50. The first kappa shape index (κ1) is 23.3. The Hall–Kier alpha value is -1.95. The van der Waals surface area contributed by atoms with E-state index in [-0.39, 0.29) is 36.2 Å². The number of rotatable bonds is 6. The molecule has 0 aromatic heterocycles. The first-order valence-electron chi connectivity index (χ1n) is 10.6. The van der Waals surface area contributed by atoms with E-state index in [0.717, 1.165) is 25.7 Å². The van der Waals surface area contributed by atoms with Gasteiger partial charge in [-0.25, -0.2) is 0 Å². The van der Waals surface area contributed by atoms with Crippen molar-refractivity contribution in [1.82, 2.24) is 5.32 Å². The molecule has 1 aromatic carbocycles. The van der Waals surface area contributed by atoms with Gasteiger partial charge in [0.15, 0.2) is 0 Å². The molecule has 0 bridgehead atoms. The summed E-state index contributed by atoms with van der Waals surface area (Å²) in [7, 11) is 1.57. The molecule has 2 aliphatic rings. The number of amides is 2. The third kappa shape index (κ3) is 6.81. The molecule has 3 rings (SSSR count). The first-order chi connectivity index (χ1) is 13.5. The number of carbonyl (C=O) groups excluding carboxylic acids is 2. The van der Waals surface area contributed by atoms with Crippen LogP contribution in [0.1, 0.15) is 64.2 Å².